The second kappa shape index (κ2) is 9.60. The van der Waals surface area contributed by atoms with Gasteiger partial charge in [-0.2, -0.15) is 0 Å². The lowest BCUT2D eigenvalue weighted by Crippen LogP contribution is -1.92. The van der Waals surface area contributed by atoms with Crippen molar-refractivity contribution in [3.05, 3.63) is 57.7 Å². The molecule has 0 spiro atoms. The molecule has 0 nitrogen and oxygen atoms in total. The Balaban J connectivity index is 0.000000382. The summed E-state index contributed by atoms with van der Waals surface area (Å²) in [5, 5.41) is 0. The molecule has 1 unspecified atom stereocenters. The van der Waals surface area contributed by atoms with Crippen LogP contribution in [-0.4, -0.2) is 0 Å². The van der Waals surface area contributed by atoms with Crippen molar-refractivity contribution in [2.24, 2.45) is 5.92 Å². The Morgan fingerprint density at radius 1 is 0.857 bits per heavy atom. The number of allylic oxidation sites excluding steroid dienone is 4. The number of hydrogen-bond donors (Lipinski definition) is 0. The third-order valence-corrected chi connectivity index (χ3v) is 4.18. The Labute approximate surface area is 133 Å². The van der Waals surface area contributed by atoms with Crippen LogP contribution in [0, 0.1) is 33.6 Å². The Hall–Kier alpha value is -1.30. The summed E-state index contributed by atoms with van der Waals surface area (Å²) >= 11 is 0. The molecule has 0 saturated heterocycles. The van der Waals surface area contributed by atoms with Gasteiger partial charge in [-0.25, -0.2) is 0 Å². The van der Waals surface area contributed by atoms with Crippen LogP contribution in [0.3, 0.4) is 0 Å². The van der Waals surface area contributed by atoms with E-state index in [1.165, 1.54) is 39.8 Å². The molecule has 0 aliphatic carbocycles. The first-order valence-corrected chi connectivity index (χ1v) is 8.05. The number of aryl methyl sites for hydroxylation is 4. The number of rotatable bonds is 3. The predicted molar refractivity (Wildman–Crippen MR) is 98.0 cm³/mol. The minimum atomic E-state index is 0.727. The van der Waals surface area contributed by atoms with E-state index in [0.717, 1.165) is 5.92 Å². The van der Waals surface area contributed by atoms with Crippen LogP contribution in [-0.2, 0) is 0 Å². The molecule has 0 radical (unpaired) electrons. The average molecular weight is 287 g/mol. The maximum absolute atomic E-state index is 2.27. The quantitative estimate of drug-likeness (QED) is 0.532. The van der Waals surface area contributed by atoms with Crippen LogP contribution in [0.15, 0.2) is 35.4 Å². The molecule has 1 aromatic rings. The summed E-state index contributed by atoms with van der Waals surface area (Å²) < 4.78 is 0. The second-order valence-electron chi connectivity index (χ2n) is 6.48. The van der Waals surface area contributed by atoms with Crippen LogP contribution in [0.5, 0.6) is 0 Å². The molecule has 0 amide bonds. The first kappa shape index (κ1) is 19.7. The molecule has 0 bridgehead atoms. The Kier molecular flexibility index (Phi) is 9.01. The van der Waals surface area contributed by atoms with Crippen molar-refractivity contribution in [3.63, 3.8) is 0 Å². The maximum atomic E-state index is 2.27. The minimum Gasteiger partial charge on any atom is -0.0764 e. The molecule has 0 N–H and O–H groups in total. The Morgan fingerprint density at radius 3 is 1.52 bits per heavy atom. The topological polar surface area (TPSA) is 0 Å². The summed E-state index contributed by atoms with van der Waals surface area (Å²) in [6.07, 6.45) is 5.64. The van der Waals surface area contributed by atoms with E-state index in [9.17, 15) is 0 Å². The molecule has 0 aliphatic heterocycles. The zero-order valence-corrected chi connectivity index (χ0v) is 15.6. The van der Waals surface area contributed by atoms with E-state index in [0.29, 0.717) is 0 Å². The fourth-order valence-electron chi connectivity index (χ4n) is 1.89. The van der Waals surface area contributed by atoms with E-state index < -0.39 is 0 Å². The highest BCUT2D eigenvalue weighted by molar-refractivity contribution is 5.35. The lowest BCUT2D eigenvalue weighted by Gasteiger charge is -2.07. The molecule has 1 rings (SSSR count). The number of benzene rings is 1. The molecule has 0 aromatic heterocycles. The molecule has 1 atom stereocenters. The van der Waals surface area contributed by atoms with Gasteiger partial charge in [0.2, 0.25) is 0 Å². The molecule has 0 aliphatic rings. The molecule has 21 heavy (non-hydrogen) atoms. The second-order valence-corrected chi connectivity index (χ2v) is 6.48. The highest BCUT2D eigenvalue weighted by atomic mass is 14.0. The van der Waals surface area contributed by atoms with Gasteiger partial charge in [0, 0.05) is 0 Å². The molecular formula is C21H34. The van der Waals surface area contributed by atoms with Crippen molar-refractivity contribution >= 4 is 0 Å². The number of hydrogen-bond acceptors (Lipinski definition) is 0. The Morgan fingerprint density at radius 2 is 1.24 bits per heavy atom. The van der Waals surface area contributed by atoms with Gasteiger partial charge in [0.25, 0.3) is 0 Å². The van der Waals surface area contributed by atoms with Gasteiger partial charge in [0.05, 0.1) is 0 Å². The molecule has 0 heterocycles. The van der Waals surface area contributed by atoms with E-state index in [1.807, 2.05) is 0 Å². The lowest BCUT2D eigenvalue weighted by atomic mass is 9.99. The van der Waals surface area contributed by atoms with E-state index >= 15 is 0 Å². The maximum Gasteiger partial charge on any atom is -0.0234 e. The average Bonchev–Trinajstić information content (AvgIpc) is 2.42. The molecule has 0 heteroatoms. The van der Waals surface area contributed by atoms with Crippen LogP contribution in [0.25, 0.3) is 0 Å². The summed E-state index contributed by atoms with van der Waals surface area (Å²) in [4.78, 5) is 0. The highest BCUT2D eigenvalue weighted by Crippen LogP contribution is 2.14. The third-order valence-electron chi connectivity index (χ3n) is 4.18. The first-order valence-electron chi connectivity index (χ1n) is 8.05. The molecule has 0 saturated carbocycles. The largest absolute Gasteiger partial charge is 0.0764 e. The SMILES string of the molecule is CCC(C)/C(C)=C\C=C(C)C.Cc1cc(C)c(C)cc1C. The van der Waals surface area contributed by atoms with Crippen LogP contribution in [0.1, 0.15) is 63.3 Å². The summed E-state index contributed by atoms with van der Waals surface area (Å²) in [6.45, 7) is 19.6. The van der Waals surface area contributed by atoms with Gasteiger partial charge in [-0.05, 0) is 83.1 Å². The van der Waals surface area contributed by atoms with Crippen molar-refractivity contribution in [2.75, 3.05) is 0 Å². The van der Waals surface area contributed by atoms with Gasteiger partial charge >= 0.3 is 0 Å². The molecule has 1 aromatic carbocycles. The van der Waals surface area contributed by atoms with Crippen LogP contribution in [0.4, 0.5) is 0 Å². The molecule has 118 valence electrons. The minimum absolute atomic E-state index is 0.727. The highest BCUT2D eigenvalue weighted by Gasteiger charge is 1.98. The zero-order valence-electron chi connectivity index (χ0n) is 15.6. The lowest BCUT2D eigenvalue weighted by molar-refractivity contribution is 0.655. The smallest absolute Gasteiger partial charge is 0.0234 e. The summed E-state index contributed by atoms with van der Waals surface area (Å²) in [7, 11) is 0. The third kappa shape index (κ3) is 7.90. The van der Waals surface area contributed by atoms with Gasteiger partial charge in [-0.1, -0.05) is 49.3 Å². The van der Waals surface area contributed by atoms with Crippen molar-refractivity contribution in [1.29, 1.82) is 0 Å². The van der Waals surface area contributed by atoms with Gasteiger partial charge in [-0.15, -0.1) is 0 Å². The summed E-state index contributed by atoms with van der Waals surface area (Å²) in [6, 6.07) is 4.48. The predicted octanol–water partition coefficient (Wildman–Crippen LogP) is 6.87. The first-order chi connectivity index (χ1) is 9.68. The van der Waals surface area contributed by atoms with E-state index in [-0.39, 0.29) is 0 Å². The fraction of sp³-hybridized carbons (Fsp3) is 0.524. The monoisotopic (exact) mass is 286 g/mol. The van der Waals surface area contributed by atoms with Crippen molar-refractivity contribution in [2.45, 2.75) is 68.7 Å². The van der Waals surface area contributed by atoms with E-state index in [1.54, 1.807) is 0 Å². The zero-order chi connectivity index (χ0) is 16.6. The normalized spacial score (nSPS) is 12.3. The summed E-state index contributed by atoms with van der Waals surface area (Å²) in [5.74, 6) is 0.727. The van der Waals surface area contributed by atoms with Crippen LogP contribution >= 0.6 is 0 Å². The van der Waals surface area contributed by atoms with Crippen molar-refractivity contribution < 1.29 is 0 Å². The van der Waals surface area contributed by atoms with Gasteiger partial charge in [0.15, 0.2) is 0 Å². The summed E-state index contributed by atoms with van der Waals surface area (Å²) in [5.41, 5.74) is 8.42. The van der Waals surface area contributed by atoms with Gasteiger partial charge in [-0.3, -0.25) is 0 Å². The fourth-order valence-corrected chi connectivity index (χ4v) is 1.89. The van der Waals surface area contributed by atoms with E-state index in [4.69, 9.17) is 0 Å². The van der Waals surface area contributed by atoms with E-state index in [2.05, 4.69) is 86.6 Å². The van der Waals surface area contributed by atoms with Crippen LogP contribution < -0.4 is 0 Å². The molecular weight excluding hydrogens is 252 g/mol. The van der Waals surface area contributed by atoms with Crippen LogP contribution in [0.2, 0.25) is 0 Å². The standard InChI is InChI=1S/C11H20.C10H14/c1-6-10(4)11(5)8-7-9(2)3;1-7-5-9(3)10(4)6-8(7)2/h7-8,10H,6H2,1-5H3;5-6H,1-4H3/b11-8-;. The van der Waals surface area contributed by atoms with Crippen molar-refractivity contribution in [1.82, 2.24) is 0 Å². The van der Waals surface area contributed by atoms with Crippen molar-refractivity contribution in [3.8, 4) is 0 Å². The Bertz CT molecular complexity index is 447. The van der Waals surface area contributed by atoms with Gasteiger partial charge in [0.1, 0.15) is 0 Å². The van der Waals surface area contributed by atoms with Gasteiger partial charge < -0.3 is 0 Å². The molecule has 0 fully saturated rings.